The van der Waals surface area contributed by atoms with Gasteiger partial charge in [-0.15, -0.1) is 0 Å². The first kappa shape index (κ1) is 15.0. The standard InChI is InChI=1S/C13H16F3N3S/c14-13(15,16)10-6-5-9(11(17)20)12(19-10)18-7-1-2-8-3-4-8/h5-6,8H,1-4,7H2,(H2,17,20)(H,18,19). The zero-order valence-electron chi connectivity index (χ0n) is 10.8. The Balaban J connectivity index is 2.07. The number of hydrogen-bond acceptors (Lipinski definition) is 3. The molecule has 1 heterocycles. The molecule has 20 heavy (non-hydrogen) atoms. The van der Waals surface area contributed by atoms with Gasteiger partial charge in [0.15, 0.2) is 0 Å². The molecule has 3 N–H and O–H groups in total. The molecule has 1 saturated carbocycles. The summed E-state index contributed by atoms with van der Waals surface area (Å²) in [6, 6.07) is 2.16. The molecule has 1 aliphatic rings. The molecule has 0 amide bonds. The topological polar surface area (TPSA) is 50.9 Å². The fraction of sp³-hybridized carbons (Fsp3) is 0.538. The molecule has 0 radical (unpaired) electrons. The van der Waals surface area contributed by atoms with Crippen LogP contribution in [0.1, 0.15) is 36.9 Å². The number of halogens is 3. The van der Waals surface area contributed by atoms with Crippen molar-refractivity contribution in [1.29, 1.82) is 0 Å². The lowest BCUT2D eigenvalue weighted by atomic mass is 10.2. The maximum absolute atomic E-state index is 12.6. The third-order valence-electron chi connectivity index (χ3n) is 3.23. The summed E-state index contributed by atoms with van der Waals surface area (Å²) in [7, 11) is 0. The van der Waals surface area contributed by atoms with E-state index in [1.807, 2.05) is 0 Å². The van der Waals surface area contributed by atoms with Crippen LogP contribution in [0.25, 0.3) is 0 Å². The molecule has 1 fully saturated rings. The van der Waals surface area contributed by atoms with Crippen molar-refractivity contribution in [3.63, 3.8) is 0 Å². The lowest BCUT2D eigenvalue weighted by Crippen LogP contribution is -2.18. The molecule has 0 aromatic carbocycles. The van der Waals surface area contributed by atoms with Crippen LogP contribution in [0.2, 0.25) is 0 Å². The second kappa shape index (κ2) is 5.95. The highest BCUT2D eigenvalue weighted by Gasteiger charge is 2.33. The first-order valence-electron chi connectivity index (χ1n) is 6.50. The Kier molecular flexibility index (Phi) is 4.47. The summed E-state index contributed by atoms with van der Waals surface area (Å²) >= 11 is 4.83. The van der Waals surface area contributed by atoms with Gasteiger partial charge in [-0.2, -0.15) is 13.2 Å². The van der Waals surface area contributed by atoms with Crippen molar-refractivity contribution >= 4 is 23.0 Å². The average Bonchev–Trinajstić information content (AvgIpc) is 3.17. The van der Waals surface area contributed by atoms with Crippen molar-refractivity contribution in [3.8, 4) is 0 Å². The van der Waals surface area contributed by atoms with Crippen LogP contribution in [-0.2, 0) is 6.18 Å². The van der Waals surface area contributed by atoms with Gasteiger partial charge in [-0.05, 0) is 30.9 Å². The molecule has 1 aliphatic carbocycles. The monoisotopic (exact) mass is 303 g/mol. The first-order valence-corrected chi connectivity index (χ1v) is 6.90. The molecule has 7 heteroatoms. The van der Waals surface area contributed by atoms with E-state index < -0.39 is 11.9 Å². The highest BCUT2D eigenvalue weighted by molar-refractivity contribution is 7.80. The second-order valence-electron chi connectivity index (χ2n) is 4.97. The smallest absolute Gasteiger partial charge is 0.389 e. The van der Waals surface area contributed by atoms with Gasteiger partial charge in [0.05, 0.1) is 5.56 Å². The van der Waals surface area contributed by atoms with Crippen LogP contribution < -0.4 is 11.1 Å². The van der Waals surface area contributed by atoms with Gasteiger partial charge in [-0.25, -0.2) is 4.98 Å². The van der Waals surface area contributed by atoms with Gasteiger partial charge in [0, 0.05) is 6.54 Å². The van der Waals surface area contributed by atoms with E-state index in [4.69, 9.17) is 18.0 Å². The fourth-order valence-corrected chi connectivity index (χ4v) is 2.12. The van der Waals surface area contributed by atoms with E-state index in [0.717, 1.165) is 24.8 Å². The number of thiocarbonyl (C=S) groups is 1. The van der Waals surface area contributed by atoms with Gasteiger partial charge < -0.3 is 11.1 Å². The maximum Gasteiger partial charge on any atom is 0.433 e. The fourth-order valence-electron chi connectivity index (χ4n) is 1.95. The van der Waals surface area contributed by atoms with E-state index in [9.17, 15) is 13.2 Å². The first-order chi connectivity index (χ1) is 9.38. The Morgan fingerprint density at radius 3 is 2.65 bits per heavy atom. The van der Waals surface area contributed by atoms with Crippen molar-refractivity contribution in [1.82, 2.24) is 4.98 Å². The van der Waals surface area contributed by atoms with E-state index in [1.165, 1.54) is 18.9 Å². The minimum Gasteiger partial charge on any atom is -0.389 e. The number of hydrogen-bond donors (Lipinski definition) is 2. The summed E-state index contributed by atoms with van der Waals surface area (Å²) in [6.07, 6.45) is 0.0484. The molecule has 0 aliphatic heterocycles. The minimum absolute atomic E-state index is 0.0379. The van der Waals surface area contributed by atoms with E-state index >= 15 is 0 Å². The molecule has 0 saturated heterocycles. The van der Waals surface area contributed by atoms with E-state index in [-0.39, 0.29) is 10.8 Å². The molecule has 3 nitrogen and oxygen atoms in total. The zero-order valence-corrected chi connectivity index (χ0v) is 11.7. The largest absolute Gasteiger partial charge is 0.433 e. The van der Waals surface area contributed by atoms with E-state index in [1.54, 1.807) is 0 Å². The lowest BCUT2D eigenvalue weighted by Gasteiger charge is -2.13. The molecule has 0 spiro atoms. The quantitative estimate of drug-likeness (QED) is 0.625. The molecule has 0 bridgehead atoms. The predicted molar refractivity (Wildman–Crippen MR) is 75.6 cm³/mol. The number of nitrogens with one attached hydrogen (secondary N) is 1. The van der Waals surface area contributed by atoms with Crippen LogP contribution in [0.15, 0.2) is 12.1 Å². The van der Waals surface area contributed by atoms with Crippen molar-refractivity contribution in [3.05, 3.63) is 23.4 Å². The third-order valence-corrected chi connectivity index (χ3v) is 3.45. The van der Waals surface area contributed by atoms with Crippen LogP contribution in [-0.4, -0.2) is 16.5 Å². The number of alkyl halides is 3. The van der Waals surface area contributed by atoms with Gasteiger partial charge in [0.25, 0.3) is 0 Å². The van der Waals surface area contributed by atoms with Crippen LogP contribution in [0.3, 0.4) is 0 Å². The molecular formula is C13H16F3N3S. The molecule has 0 unspecified atom stereocenters. The van der Waals surface area contributed by atoms with Crippen LogP contribution in [0.4, 0.5) is 19.0 Å². The maximum atomic E-state index is 12.6. The summed E-state index contributed by atoms with van der Waals surface area (Å²) in [5.74, 6) is 0.907. The number of nitrogens with two attached hydrogens (primary N) is 1. The van der Waals surface area contributed by atoms with Crippen molar-refractivity contribution in [2.45, 2.75) is 31.9 Å². The Labute approximate surface area is 120 Å². The highest BCUT2D eigenvalue weighted by atomic mass is 32.1. The second-order valence-corrected chi connectivity index (χ2v) is 5.41. The number of nitrogens with zero attached hydrogens (tertiary/aromatic N) is 1. The Morgan fingerprint density at radius 2 is 2.10 bits per heavy atom. The number of pyridine rings is 1. The predicted octanol–water partition coefficient (Wildman–Crippen LogP) is 3.34. The summed E-state index contributed by atoms with van der Waals surface area (Å²) in [4.78, 5) is 3.63. The van der Waals surface area contributed by atoms with Crippen molar-refractivity contribution in [2.24, 2.45) is 11.7 Å². The lowest BCUT2D eigenvalue weighted by molar-refractivity contribution is -0.141. The van der Waals surface area contributed by atoms with Crippen molar-refractivity contribution < 1.29 is 13.2 Å². The Morgan fingerprint density at radius 1 is 1.40 bits per heavy atom. The van der Waals surface area contributed by atoms with Crippen molar-refractivity contribution in [2.75, 3.05) is 11.9 Å². The molecule has 0 atom stereocenters. The van der Waals surface area contributed by atoms with Crippen LogP contribution in [0, 0.1) is 5.92 Å². The number of anilines is 1. The van der Waals surface area contributed by atoms with Gasteiger partial charge in [0.2, 0.25) is 0 Å². The third kappa shape index (κ3) is 4.06. The highest BCUT2D eigenvalue weighted by Crippen LogP contribution is 2.33. The molecule has 2 rings (SSSR count). The van der Waals surface area contributed by atoms with Gasteiger partial charge in [0.1, 0.15) is 16.5 Å². The summed E-state index contributed by atoms with van der Waals surface area (Å²) in [6.45, 7) is 0.570. The average molecular weight is 303 g/mol. The molecule has 1 aromatic rings. The molecule has 1 aromatic heterocycles. The summed E-state index contributed by atoms with van der Waals surface area (Å²) < 4.78 is 37.9. The molecule has 110 valence electrons. The Bertz CT molecular complexity index is 498. The summed E-state index contributed by atoms with van der Waals surface area (Å²) in [5, 5.41) is 2.91. The summed E-state index contributed by atoms with van der Waals surface area (Å²) in [5.41, 5.74) is 4.91. The molecular weight excluding hydrogens is 287 g/mol. The SMILES string of the molecule is NC(=S)c1ccc(C(F)(F)F)nc1NCCCC1CC1. The van der Waals surface area contributed by atoms with Gasteiger partial charge in [-0.1, -0.05) is 25.1 Å². The van der Waals surface area contributed by atoms with Gasteiger partial charge in [-0.3, -0.25) is 0 Å². The van der Waals surface area contributed by atoms with Crippen LogP contribution >= 0.6 is 12.2 Å². The normalized spacial score (nSPS) is 15.2. The van der Waals surface area contributed by atoms with Gasteiger partial charge >= 0.3 is 6.18 Å². The minimum atomic E-state index is -4.47. The van der Waals surface area contributed by atoms with Crippen LogP contribution in [0.5, 0.6) is 0 Å². The van der Waals surface area contributed by atoms with E-state index in [2.05, 4.69) is 10.3 Å². The zero-order chi connectivity index (χ0) is 14.8. The number of rotatable bonds is 6. The number of aromatic nitrogens is 1. The Hall–Kier alpha value is -1.37. The van der Waals surface area contributed by atoms with E-state index in [0.29, 0.717) is 12.1 Å².